The molecule has 0 aliphatic heterocycles. The van der Waals surface area contributed by atoms with Gasteiger partial charge in [0.2, 0.25) is 0 Å². The molecule has 0 N–H and O–H groups in total. The van der Waals surface area contributed by atoms with Gasteiger partial charge in [-0.3, -0.25) is 0 Å². The summed E-state index contributed by atoms with van der Waals surface area (Å²) in [4.78, 5) is 13.3. The van der Waals surface area contributed by atoms with E-state index in [1.807, 2.05) is 18.2 Å². The molecule has 0 saturated heterocycles. The van der Waals surface area contributed by atoms with E-state index in [0.29, 0.717) is 17.1 Å². The van der Waals surface area contributed by atoms with Crippen molar-refractivity contribution in [3.63, 3.8) is 0 Å². The second-order valence-corrected chi connectivity index (χ2v) is 7.83. The number of carbonyl (C=O) groups is 1. The minimum absolute atomic E-state index is 0.391. The van der Waals surface area contributed by atoms with Gasteiger partial charge in [0, 0.05) is 4.88 Å². The largest absolute Gasteiger partial charge is 0.427 e. The Balaban J connectivity index is 1.78. The fourth-order valence-electron chi connectivity index (χ4n) is 1.92. The van der Waals surface area contributed by atoms with E-state index in [1.54, 1.807) is 80.1 Å². The maximum Gasteiger partial charge on any atom is 0.347 e. The first-order valence-corrected chi connectivity index (χ1v) is 9.91. The maximum absolute atomic E-state index is 12.2. The van der Waals surface area contributed by atoms with Crippen LogP contribution in [0.15, 0.2) is 54.6 Å². The zero-order valence-electron chi connectivity index (χ0n) is 11.5. The van der Waals surface area contributed by atoms with Crippen LogP contribution in [0.3, 0.4) is 0 Å². The summed E-state index contributed by atoms with van der Waals surface area (Å²) in [7, 11) is 3.21. The third kappa shape index (κ3) is 3.97. The molecule has 3 nitrogen and oxygen atoms in total. The van der Waals surface area contributed by atoms with Gasteiger partial charge in [0.15, 0.2) is 23.0 Å². The highest BCUT2D eigenvalue weighted by atomic mass is 127. The van der Waals surface area contributed by atoms with Crippen LogP contribution in [-0.2, 0) is 0 Å². The lowest BCUT2D eigenvalue weighted by Gasteiger charge is -2.07. The van der Waals surface area contributed by atoms with Crippen LogP contribution >= 0.6 is 55.9 Å². The van der Waals surface area contributed by atoms with Gasteiger partial charge in [0.25, 0.3) is 0 Å². The Morgan fingerprint density at radius 3 is 2.43 bits per heavy atom. The molecule has 1 aromatic heterocycles. The number of ether oxygens (including phenoxy) is 1. The molecule has 0 atom stereocenters. The van der Waals surface area contributed by atoms with Crippen LogP contribution in [0, 0.1) is 3.82 Å². The highest BCUT2D eigenvalue weighted by molar-refractivity contribution is 14.1. The number of para-hydroxylation sites is 1. The number of benzene rings is 2. The van der Waals surface area contributed by atoms with Crippen LogP contribution in [0.1, 0.15) is 10.4 Å². The smallest absolute Gasteiger partial charge is 0.347 e. The fraction of sp³-hybridized carbons (Fsp3) is 0. The second kappa shape index (κ2) is 7.52. The van der Waals surface area contributed by atoms with Crippen LogP contribution in [0.2, 0.25) is 0 Å². The molecule has 0 radical (unpaired) electrons. The average Bonchev–Trinajstić information content (AvgIpc) is 3.02. The van der Waals surface area contributed by atoms with E-state index in [2.05, 4.69) is 0 Å². The van der Waals surface area contributed by atoms with E-state index in [-0.39, 0.29) is 0 Å². The van der Waals surface area contributed by atoms with E-state index >= 15 is 0 Å². The fourth-order valence-corrected chi connectivity index (χ4v) is 4.71. The molecule has 0 bridgehead atoms. The van der Waals surface area contributed by atoms with E-state index < -0.39 is 5.97 Å². The third-order valence-electron chi connectivity index (χ3n) is 3.00. The Morgan fingerprint density at radius 1 is 1.04 bits per heavy atom. The standard InChI is InChI=1S/C16H9IO3S3/c17-20-13-4-2-1-3-12(13)16(18)19-11-7-5-10(6-8-11)14-9-15(21)23-22-14/h1-9H. The molecule has 116 valence electrons. The lowest BCUT2D eigenvalue weighted by atomic mass is 10.2. The van der Waals surface area contributed by atoms with Gasteiger partial charge in [-0.2, -0.15) is 0 Å². The predicted octanol–water partition coefficient (Wildman–Crippen LogP) is 6.15. The molecular formula is C16H9IO3S3. The molecule has 3 aromatic rings. The summed E-state index contributed by atoms with van der Waals surface area (Å²) in [5.41, 5.74) is 1.44. The van der Waals surface area contributed by atoms with Crippen LogP contribution < -0.4 is 7.80 Å². The van der Waals surface area contributed by atoms with Crippen LogP contribution in [0.5, 0.6) is 11.5 Å². The SMILES string of the molecule is O=C(Oc1ccc(-c2cc(=S)ss2)cc1)c1ccccc1OI. The number of esters is 1. The summed E-state index contributed by atoms with van der Waals surface area (Å²) >= 11 is 6.88. The first kappa shape index (κ1) is 16.6. The zero-order valence-corrected chi connectivity index (χ0v) is 16.1. The van der Waals surface area contributed by atoms with Crippen molar-refractivity contribution in [1.82, 2.24) is 0 Å². The molecule has 0 aliphatic rings. The van der Waals surface area contributed by atoms with Crippen molar-refractivity contribution in [2.45, 2.75) is 0 Å². The van der Waals surface area contributed by atoms with Gasteiger partial charge in [-0.15, -0.1) is 0 Å². The van der Waals surface area contributed by atoms with Crippen LogP contribution in [0.25, 0.3) is 10.4 Å². The Labute approximate surface area is 159 Å². The summed E-state index contributed by atoms with van der Waals surface area (Å²) < 4.78 is 11.4. The summed E-state index contributed by atoms with van der Waals surface area (Å²) in [5.74, 6) is 0.518. The van der Waals surface area contributed by atoms with Gasteiger partial charge >= 0.3 is 5.97 Å². The molecule has 0 amide bonds. The van der Waals surface area contributed by atoms with Crippen molar-refractivity contribution in [2.75, 3.05) is 0 Å². The number of hydrogen-bond acceptors (Lipinski definition) is 6. The monoisotopic (exact) mass is 472 g/mol. The number of carbonyl (C=O) groups excluding carboxylic acids is 1. The molecule has 0 aliphatic carbocycles. The third-order valence-corrected chi connectivity index (χ3v) is 6.39. The molecule has 3 rings (SSSR count). The molecule has 2 aromatic carbocycles. The van der Waals surface area contributed by atoms with Crippen molar-refractivity contribution < 1.29 is 12.6 Å². The first-order valence-electron chi connectivity index (χ1n) is 6.48. The Kier molecular flexibility index (Phi) is 5.42. The van der Waals surface area contributed by atoms with Crippen molar-refractivity contribution in [3.05, 3.63) is 64.0 Å². The number of hydrogen-bond donors (Lipinski definition) is 0. The predicted molar refractivity (Wildman–Crippen MR) is 105 cm³/mol. The highest BCUT2D eigenvalue weighted by Gasteiger charge is 2.14. The lowest BCUT2D eigenvalue weighted by molar-refractivity contribution is 0.0733. The van der Waals surface area contributed by atoms with Crippen molar-refractivity contribution in [2.24, 2.45) is 0 Å². The normalized spacial score (nSPS) is 10.3. The van der Waals surface area contributed by atoms with Gasteiger partial charge in [0.1, 0.15) is 20.9 Å². The van der Waals surface area contributed by atoms with Gasteiger partial charge < -0.3 is 7.80 Å². The molecular weight excluding hydrogens is 463 g/mol. The average molecular weight is 472 g/mol. The van der Waals surface area contributed by atoms with E-state index in [9.17, 15) is 4.79 Å². The van der Waals surface area contributed by atoms with Crippen molar-refractivity contribution in [1.29, 1.82) is 0 Å². The molecule has 7 heteroatoms. The summed E-state index contributed by atoms with van der Waals surface area (Å²) in [5, 5.41) is 0. The van der Waals surface area contributed by atoms with Crippen molar-refractivity contribution in [3.8, 4) is 21.9 Å². The van der Waals surface area contributed by atoms with Gasteiger partial charge in [0.05, 0.1) is 0 Å². The lowest BCUT2D eigenvalue weighted by Crippen LogP contribution is -2.09. The molecule has 0 saturated carbocycles. The number of halogens is 1. The quantitative estimate of drug-likeness (QED) is 0.150. The summed E-state index contributed by atoms with van der Waals surface area (Å²) in [6.07, 6.45) is 0. The zero-order chi connectivity index (χ0) is 16.2. The Morgan fingerprint density at radius 2 is 1.78 bits per heavy atom. The maximum atomic E-state index is 12.2. The first-order chi connectivity index (χ1) is 11.2. The van der Waals surface area contributed by atoms with Crippen molar-refractivity contribution >= 4 is 61.9 Å². The van der Waals surface area contributed by atoms with E-state index in [1.165, 1.54) is 0 Å². The molecule has 23 heavy (non-hydrogen) atoms. The molecule has 0 unspecified atom stereocenters. The minimum atomic E-state index is -0.448. The second-order valence-electron chi connectivity index (χ2n) is 4.48. The Hall–Kier alpha value is -1.29. The Bertz CT molecular complexity index is 884. The van der Waals surface area contributed by atoms with E-state index in [4.69, 9.17) is 20.0 Å². The molecule has 1 heterocycles. The van der Waals surface area contributed by atoms with Gasteiger partial charge in [-0.05, 0) is 48.0 Å². The summed E-state index contributed by atoms with van der Waals surface area (Å²) in [6, 6.07) is 16.3. The molecule has 0 spiro atoms. The van der Waals surface area contributed by atoms with Crippen LogP contribution in [-0.4, -0.2) is 5.97 Å². The highest BCUT2D eigenvalue weighted by Crippen LogP contribution is 2.30. The van der Waals surface area contributed by atoms with E-state index in [0.717, 1.165) is 14.3 Å². The topological polar surface area (TPSA) is 35.5 Å². The molecule has 0 fully saturated rings. The summed E-state index contributed by atoms with van der Waals surface area (Å²) in [6.45, 7) is 0. The minimum Gasteiger partial charge on any atom is -0.427 e. The van der Waals surface area contributed by atoms with Gasteiger partial charge in [-0.1, -0.05) is 45.0 Å². The van der Waals surface area contributed by atoms with Crippen LogP contribution in [0.4, 0.5) is 0 Å². The number of rotatable bonds is 4. The van der Waals surface area contributed by atoms with Gasteiger partial charge in [-0.25, -0.2) is 4.79 Å².